The fraction of sp³-hybridized carbons (Fsp3) is 0.533. The molecule has 1 N–H and O–H groups in total. The first-order valence-electron chi connectivity index (χ1n) is 6.92. The van der Waals surface area contributed by atoms with E-state index in [-0.39, 0.29) is 5.91 Å². The molecule has 1 aliphatic rings. The standard InChI is InChI=1S/C15H18F3NO/c16-15(17,18)12-6-8-13(9-7-12)19-14(20)10-11-4-2-1-3-5-11/h6-9,11H,1-5,10H2,(H,19,20). The molecule has 1 aliphatic carbocycles. The summed E-state index contributed by atoms with van der Waals surface area (Å²) in [6.45, 7) is 0. The van der Waals surface area contributed by atoms with Crippen LogP contribution in [0, 0.1) is 5.92 Å². The Morgan fingerprint density at radius 2 is 1.70 bits per heavy atom. The normalized spacial score (nSPS) is 16.9. The number of hydrogen-bond donors (Lipinski definition) is 1. The third kappa shape index (κ3) is 4.25. The second-order valence-corrected chi connectivity index (χ2v) is 5.33. The van der Waals surface area contributed by atoms with Crippen LogP contribution >= 0.6 is 0 Å². The summed E-state index contributed by atoms with van der Waals surface area (Å²) in [4.78, 5) is 11.8. The van der Waals surface area contributed by atoms with E-state index in [0.29, 0.717) is 18.0 Å². The van der Waals surface area contributed by atoms with Crippen LogP contribution in [-0.4, -0.2) is 5.91 Å². The van der Waals surface area contributed by atoms with Crippen LogP contribution in [0.15, 0.2) is 24.3 Å². The third-order valence-electron chi connectivity index (χ3n) is 3.69. The molecule has 1 aromatic rings. The smallest absolute Gasteiger partial charge is 0.326 e. The van der Waals surface area contributed by atoms with E-state index >= 15 is 0 Å². The van der Waals surface area contributed by atoms with E-state index in [2.05, 4.69) is 5.32 Å². The quantitative estimate of drug-likeness (QED) is 0.863. The molecule has 1 fully saturated rings. The van der Waals surface area contributed by atoms with Gasteiger partial charge in [0, 0.05) is 12.1 Å². The molecular formula is C15H18F3NO. The highest BCUT2D eigenvalue weighted by atomic mass is 19.4. The van der Waals surface area contributed by atoms with Crippen molar-refractivity contribution in [2.75, 3.05) is 5.32 Å². The largest absolute Gasteiger partial charge is 0.416 e. The summed E-state index contributed by atoms with van der Waals surface area (Å²) in [6, 6.07) is 4.55. The Bertz CT molecular complexity index is 447. The van der Waals surface area contributed by atoms with Crippen molar-refractivity contribution in [2.24, 2.45) is 5.92 Å². The van der Waals surface area contributed by atoms with Crippen molar-refractivity contribution in [2.45, 2.75) is 44.7 Å². The van der Waals surface area contributed by atoms with Crippen molar-refractivity contribution in [3.05, 3.63) is 29.8 Å². The van der Waals surface area contributed by atoms with Crippen molar-refractivity contribution in [3.63, 3.8) is 0 Å². The summed E-state index contributed by atoms with van der Waals surface area (Å²) in [5.41, 5.74) is -0.290. The molecule has 2 nitrogen and oxygen atoms in total. The summed E-state index contributed by atoms with van der Waals surface area (Å²) in [7, 11) is 0. The van der Waals surface area contributed by atoms with Gasteiger partial charge in [0.1, 0.15) is 0 Å². The van der Waals surface area contributed by atoms with Gasteiger partial charge in [-0.2, -0.15) is 13.2 Å². The number of rotatable bonds is 3. The minimum absolute atomic E-state index is 0.114. The van der Waals surface area contributed by atoms with E-state index < -0.39 is 11.7 Å². The van der Waals surface area contributed by atoms with E-state index in [1.807, 2.05) is 0 Å². The predicted octanol–water partition coefficient (Wildman–Crippen LogP) is 4.61. The van der Waals surface area contributed by atoms with Crippen LogP contribution in [0.4, 0.5) is 18.9 Å². The Hall–Kier alpha value is -1.52. The van der Waals surface area contributed by atoms with Crippen LogP contribution in [0.25, 0.3) is 0 Å². The first-order valence-corrected chi connectivity index (χ1v) is 6.92. The van der Waals surface area contributed by atoms with Crippen LogP contribution in [-0.2, 0) is 11.0 Å². The summed E-state index contributed by atoms with van der Waals surface area (Å²) >= 11 is 0. The Morgan fingerprint density at radius 3 is 2.25 bits per heavy atom. The molecule has 0 unspecified atom stereocenters. The summed E-state index contributed by atoms with van der Waals surface area (Å²) < 4.78 is 37.2. The van der Waals surface area contributed by atoms with Crippen LogP contribution in [0.2, 0.25) is 0 Å². The number of nitrogens with one attached hydrogen (secondary N) is 1. The maximum Gasteiger partial charge on any atom is 0.416 e. The molecule has 110 valence electrons. The van der Waals surface area contributed by atoms with Gasteiger partial charge in [0.2, 0.25) is 5.91 Å². The Balaban J connectivity index is 1.87. The average molecular weight is 285 g/mol. The molecule has 1 aromatic carbocycles. The van der Waals surface area contributed by atoms with Gasteiger partial charge in [-0.15, -0.1) is 0 Å². The summed E-state index contributed by atoms with van der Waals surface area (Å²) in [6.07, 6.45) is 1.82. The van der Waals surface area contributed by atoms with Crippen molar-refractivity contribution in [1.82, 2.24) is 0 Å². The number of carbonyl (C=O) groups is 1. The molecule has 20 heavy (non-hydrogen) atoms. The van der Waals surface area contributed by atoms with Crippen LogP contribution in [0.5, 0.6) is 0 Å². The number of benzene rings is 1. The monoisotopic (exact) mass is 285 g/mol. The molecule has 2 rings (SSSR count). The Labute approximate surface area is 116 Å². The van der Waals surface area contributed by atoms with Crippen molar-refractivity contribution < 1.29 is 18.0 Å². The maximum absolute atomic E-state index is 12.4. The zero-order valence-corrected chi connectivity index (χ0v) is 11.2. The van der Waals surface area contributed by atoms with Crippen molar-refractivity contribution in [1.29, 1.82) is 0 Å². The topological polar surface area (TPSA) is 29.1 Å². The molecule has 1 saturated carbocycles. The number of hydrogen-bond acceptors (Lipinski definition) is 1. The van der Waals surface area contributed by atoms with Gasteiger partial charge in [-0.1, -0.05) is 19.3 Å². The first kappa shape index (κ1) is 14.9. The number of carbonyl (C=O) groups excluding carboxylic acids is 1. The fourth-order valence-corrected chi connectivity index (χ4v) is 2.61. The lowest BCUT2D eigenvalue weighted by molar-refractivity contribution is -0.137. The molecule has 5 heteroatoms. The lowest BCUT2D eigenvalue weighted by atomic mass is 9.87. The highest BCUT2D eigenvalue weighted by Gasteiger charge is 2.30. The average Bonchev–Trinajstić information content (AvgIpc) is 2.39. The van der Waals surface area contributed by atoms with Gasteiger partial charge >= 0.3 is 6.18 Å². The lowest BCUT2D eigenvalue weighted by Crippen LogP contribution is -2.18. The number of alkyl halides is 3. The molecule has 0 aromatic heterocycles. The van der Waals surface area contributed by atoms with Crippen LogP contribution in [0.3, 0.4) is 0 Å². The van der Waals surface area contributed by atoms with Crippen molar-refractivity contribution >= 4 is 11.6 Å². The van der Waals surface area contributed by atoms with E-state index in [9.17, 15) is 18.0 Å². The second kappa shape index (κ2) is 6.29. The SMILES string of the molecule is O=C(CC1CCCCC1)Nc1ccc(C(F)(F)F)cc1. The minimum Gasteiger partial charge on any atom is -0.326 e. The Morgan fingerprint density at radius 1 is 1.10 bits per heavy atom. The van der Waals surface area contributed by atoms with Crippen LogP contribution < -0.4 is 5.32 Å². The van der Waals surface area contributed by atoms with E-state index in [0.717, 1.165) is 37.8 Å². The third-order valence-corrected chi connectivity index (χ3v) is 3.69. The second-order valence-electron chi connectivity index (χ2n) is 5.33. The van der Waals surface area contributed by atoms with Gasteiger partial charge < -0.3 is 5.32 Å². The van der Waals surface area contributed by atoms with Crippen LogP contribution in [0.1, 0.15) is 44.1 Å². The van der Waals surface area contributed by atoms with Gasteiger partial charge in [0.25, 0.3) is 0 Å². The predicted molar refractivity (Wildman–Crippen MR) is 71.3 cm³/mol. The number of anilines is 1. The van der Waals surface area contributed by atoms with Gasteiger partial charge in [-0.05, 0) is 43.0 Å². The van der Waals surface area contributed by atoms with E-state index in [1.54, 1.807) is 0 Å². The molecule has 0 aliphatic heterocycles. The van der Waals surface area contributed by atoms with Gasteiger partial charge in [0.15, 0.2) is 0 Å². The van der Waals surface area contributed by atoms with Crippen molar-refractivity contribution in [3.8, 4) is 0 Å². The molecule has 0 saturated heterocycles. The van der Waals surface area contributed by atoms with E-state index in [1.165, 1.54) is 18.6 Å². The van der Waals surface area contributed by atoms with E-state index in [4.69, 9.17) is 0 Å². The van der Waals surface area contributed by atoms with Gasteiger partial charge in [0.05, 0.1) is 5.56 Å². The maximum atomic E-state index is 12.4. The molecule has 0 radical (unpaired) electrons. The number of halogens is 3. The fourth-order valence-electron chi connectivity index (χ4n) is 2.61. The Kier molecular flexibility index (Phi) is 4.68. The molecule has 0 spiro atoms. The minimum atomic E-state index is -4.34. The molecule has 1 amide bonds. The zero-order chi connectivity index (χ0) is 14.6. The first-order chi connectivity index (χ1) is 9.45. The molecule has 0 bridgehead atoms. The summed E-state index contributed by atoms with van der Waals surface area (Å²) in [5, 5.41) is 2.66. The van der Waals surface area contributed by atoms with Gasteiger partial charge in [-0.25, -0.2) is 0 Å². The highest BCUT2D eigenvalue weighted by molar-refractivity contribution is 5.90. The summed E-state index contributed by atoms with van der Waals surface area (Å²) in [5.74, 6) is 0.301. The highest BCUT2D eigenvalue weighted by Crippen LogP contribution is 2.30. The zero-order valence-electron chi connectivity index (χ0n) is 11.2. The molecule has 0 atom stereocenters. The molecular weight excluding hydrogens is 267 g/mol. The number of amides is 1. The lowest BCUT2D eigenvalue weighted by Gasteiger charge is -2.20. The molecule has 0 heterocycles. The van der Waals surface area contributed by atoms with Gasteiger partial charge in [-0.3, -0.25) is 4.79 Å².